The summed E-state index contributed by atoms with van der Waals surface area (Å²) < 4.78 is 0. The van der Waals surface area contributed by atoms with Crippen LogP contribution in [0, 0.1) is 0 Å². The largest absolute Gasteiger partial charge is 0.480 e. The van der Waals surface area contributed by atoms with Gasteiger partial charge >= 0.3 is 5.97 Å². The van der Waals surface area contributed by atoms with Crippen molar-refractivity contribution >= 4 is 58.3 Å². The second-order valence-corrected chi connectivity index (χ2v) is 17.5. The Bertz CT molecular complexity index is 2270. The first-order chi connectivity index (χ1) is 33.4. The van der Waals surface area contributed by atoms with Gasteiger partial charge in [-0.25, -0.2) is 0 Å². The fourth-order valence-electron chi connectivity index (χ4n) is 8.38. The van der Waals surface area contributed by atoms with Crippen LogP contribution in [0.15, 0.2) is 97.1 Å². The minimum Gasteiger partial charge on any atom is -0.480 e. The molecule has 7 aliphatic heterocycles. The summed E-state index contributed by atoms with van der Waals surface area (Å²) in [5, 5.41) is 11.8. The molecular weight excluding hydrogens is 875 g/mol. The number of benzene rings is 4. The molecule has 16 heteroatoms. The van der Waals surface area contributed by atoms with Crippen molar-refractivity contribution in [2.75, 3.05) is 72.0 Å². The molecule has 0 aliphatic carbocycles. The summed E-state index contributed by atoms with van der Waals surface area (Å²) in [7, 11) is 0. The Labute approximate surface area is 406 Å². The molecule has 370 valence electrons. The van der Waals surface area contributed by atoms with Gasteiger partial charge in [-0.2, -0.15) is 0 Å². The normalized spacial score (nSPS) is 14.4. The minimum atomic E-state index is -1.06. The fourth-order valence-corrected chi connectivity index (χ4v) is 8.38. The number of rotatable bonds is 15. The number of carboxylic acid groups (broad SMARTS) is 1. The number of aliphatic carboxylic acids is 1. The van der Waals surface area contributed by atoms with Crippen molar-refractivity contribution in [2.45, 2.75) is 95.9 Å². The van der Waals surface area contributed by atoms with Gasteiger partial charge in [0.15, 0.2) is 0 Å². The number of carboxylic acids is 1. The molecule has 1 atom stereocenters. The Balaban J connectivity index is 1.38. The molecule has 7 aliphatic rings. The number of carbonyl (C=O) groups is 6. The van der Waals surface area contributed by atoms with E-state index in [1.165, 1.54) is 0 Å². The number of nitrogens with zero attached hydrogens (tertiary/aromatic N) is 4. The summed E-state index contributed by atoms with van der Waals surface area (Å²) >= 11 is 0. The van der Waals surface area contributed by atoms with Gasteiger partial charge in [0.2, 0.25) is 29.5 Å². The van der Waals surface area contributed by atoms with Crippen molar-refractivity contribution in [1.29, 1.82) is 0 Å². The molecule has 0 radical (unpaired) electrons. The quantitative estimate of drug-likeness (QED) is 0.0866. The first kappa shape index (κ1) is 53.5. The molecule has 0 aromatic heterocycles. The molecule has 0 fully saturated rings. The number of nitrogens with one attached hydrogen (secondary N) is 1. The lowest BCUT2D eigenvalue weighted by Crippen LogP contribution is -2.35. The van der Waals surface area contributed by atoms with Crippen molar-refractivity contribution in [3.8, 4) is 0 Å². The Morgan fingerprint density at radius 2 is 0.768 bits per heavy atom. The zero-order chi connectivity index (χ0) is 49.5. The second kappa shape index (κ2) is 28.1. The fraction of sp³-hybridized carbons (Fsp3) is 0.434. The summed E-state index contributed by atoms with van der Waals surface area (Å²) in [6.45, 7) is 2.74. The number of amides is 5. The lowest BCUT2D eigenvalue weighted by molar-refractivity contribution is -0.138. The third kappa shape index (κ3) is 16.9. The molecule has 1 unspecified atom stereocenters. The van der Waals surface area contributed by atoms with Gasteiger partial charge in [-0.15, -0.1) is 0 Å². The molecule has 7 heterocycles. The Hall–Kier alpha value is -6.46. The summed E-state index contributed by atoms with van der Waals surface area (Å²) in [4.78, 5) is 84.8. The number of unbranched alkanes of at least 4 members (excludes halogenated alkanes) is 1. The van der Waals surface area contributed by atoms with Crippen molar-refractivity contribution in [3.63, 3.8) is 0 Å². The van der Waals surface area contributed by atoms with Crippen molar-refractivity contribution in [1.82, 2.24) is 5.32 Å². The molecule has 4 aromatic carbocycles. The molecule has 5 amide bonds. The van der Waals surface area contributed by atoms with Gasteiger partial charge in [0.25, 0.3) is 0 Å². The van der Waals surface area contributed by atoms with Gasteiger partial charge < -0.3 is 53.0 Å². The van der Waals surface area contributed by atoms with Gasteiger partial charge in [0.05, 0.1) is 0 Å². The van der Waals surface area contributed by atoms with E-state index in [1.54, 1.807) is 19.6 Å². The molecule has 69 heavy (non-hydrogen) atoms. The van der Waals surface area contributed by atoms with E-state index in [4.69, 9.17) is 28.0 Å². The highest BCUT2D eigenvalue weighted by Gasteiger charge is 2.21. The van der Waals surface area contributed by atoms with Gasteiger partial charge in [0.1, 0.15) is 6.04 Å². The van der Waals surface area contributed by atoms with E-state index in [0.717, 1.165) is 39.3 Å². The Morgan fingerprint density at radius 3 is 1.06 bits per heavy atom. The van der Waals surface area contributed by atoms with Crippen LogP contribution in [0.5, 0.6) is 0 Å². The van der Waals surface area contributed by atoms with Crippen LogP contribution in [0.25, 0.3) is 0 Å². The lowest BCUT2D eigenvalue weighted by atomic mass is 10.0. The molecular formula is C53H71N9O7. The van der Waals surface area contributed by atoms with E-state index in [1.807, 2.05) is 97.1 Å². The zero-order valence-corrected chi connectivity index (χ0v) is 39.9. The number of carbonyl (C=O) groups excluding carboxylic acids is 5. The third-order valence-corrected chi connectivity index (χ3v) is 12.3. The van der Waals surface area contributed by atoms with Crippen molar-refractivity contribution in [3.05, 3.63) is 119 Å². The summed E-state index contributed by atoms with van der Waals surface area (Å²) in [5.74, 6) is -1.75. The maximum Gasteiger partial charge on any atom is 0.320 e. The molecule has 0 saturated carbocycles. The SMILES string of the molecule is NCCC(=O)N1CCCCN(C(=O)CCN)c2ccc(cc2)Cc2ccc(cc2)N(C(=O)CCC(=O)NCCCCC(N)C(=O)O)CCCCN(C(=O)CCN)c2ccc(cc2)Cc2ccc1cc2. The maximum atomic E-state index is 13.9. The zero-order valence-electron chi connectivity index (χ0n) is 39.9. The second-order valence-electron chi connectivity index (χ2n) is 17.5. The number of anilines is 4. The van der Waals surface area contributed by atoms with E-state index in [0.29, 0.717) is 96.2 Å². The minimum absolute atomic E-state index is 0.00911. The van der Waals surface area contributed by atoms with Crippen LogP contribution in [0.2, 0.25) is 0 Å². The van der Waals surface area contributed by atoms with E-state index in [2.05, 4.69) is 5.32 Å². The molecule has 16 nitrogen and oxygen atoms in total. The standard InChI is InChI=1S/C53H71N9O7/c54-29-26-50(65)60-34-4-3-33-59(49(64)25-24-48(63)58-32-2-1-7-47(57)53(68)69)43-16-8-39(9-17-43)37-40-10-20-45(21-11-40)61(51(66)27-30-55)35-5-6-36-62(52(67)28-31-56)46-22-14-42(15-23-46)38-41-12-18-44(60)19-13-41/h8-23,47H,1-7,24-38,54-57H2,(H,58,63)(H,68,69). The summed E-state index contributed by atoms with van der Waals surface area (Å²) in [6, 6.07) is 30.6. The number of hydrogen-bond donors (Lipinski definition) is 6. The molecule has 8 bridgehead atoms. The summed E-state index contributed by atoms with van der Waals surface area (Å²) in [5.41, 5.74) is 30.2. The van der Waals surface area contributed by atoms with Crippen LogP contribution in [-0.4, -0.2) is 99.0 Å². The van der Waals surface area contributed by atoms with Crippen molar-refractivity contribution < 1.29 is 33.9 Å². The lowest BCUT2D eigenvalue weighted by Gasteiger charge is -2.26. The number of nitrogens with two attached hydrogens (primary N) is 4. The average Bonchev–Trinajstić information content (AvgIpc) is 3.34. The van der Waals surface area contributed by atoms with Crippen LogP contribution < -0.4 is 47.9 Å². The van der Waals surface area contributed by atoms with Crippen LogP contribution in [-0.2, 0) is 41.6 Å². The molecule has 11 rings (SSSR count). The Kier molecular flexibility index (Phi) is 21.8. The van der Waals surface area contributed by atoms with Crippen LogP contribution >= 0.6 is 0 Å². The predicted octanol–water partition coefficient (Wildman–Crippen LogP) is 5.00. The molecule has 0 spiro atoms. The van der Waals surface area contributed by atoms with Gasteiger partial charge in [-0.1, -0.05) is 48.5 Å². The highest BCUT2D eigenvalue weighted by molar-refractivity contribution is 5.96. The smallest absolute Gasteiger partial charge is 0.320 e. The van der Waals surface area contributed by atoms with Crippen LogP contribution in [0.3, 0.4) is 0 Å². The monoisotopic (exact) mass is 946 g/mol. The van der Waals surface area contributed by atoms with Crippen LogP contribution in [0.4, 0.5) is 22.7 Å². The van der Waals surface area contributed by atoms with E-state index >= 15 is 0 Å². The van der Waals surface area contributed by atoms with E-state index in [-0.39, 0.29) is 81.3 Å². The van der Waals surface area contributed by atoms with Crippen molar-refractivity contribution in [2.24, 2.45) is 22.9 Å². The van der Waals surface area contributed by atoms with Gasteiger partial charge in [-0.3, -0.25) is 28.8 Å². The first-order valence-electron chi connectivity index (χ1n) is 24.3. The molecule has 10 N–H and O–H groups in total. The van der Waals surface area contributed by atoms with Gasteiger partial charge in [0, 0.05) is 107 Å². The first-order valence-corrected chi connectivity index (χ1v) is 24.3. The molecule has 0 saturated heterocycles. The highest BCUT2D eigenvalue weighted by atomic mass is 16.4. The van der Waals surface area contributed by atoms with Gasteiger partial charge in [-0.05, 0) is 129 Å². The highest BCUT2D eigenvalue weighted by Crippen LogP contribution is 2.25. The summed E-state index contributed by atoms with van der Waals surface area (Å²) in [6.07, 6.45) is 5.73. The number of hydrogen-bond acceptors (Lipinski definition) is 10. The average molecular weight is 946 g/mol. The molecule has 4 aromatic rings. The topological polar surface area (TPSA) is 252 Å². The Morgan fingerprint density at radius 1 is 0.464 bits per heavy atom. The maximum absolute atomic E-state index is 13.9. The van der Waals surface area contributed by atoms with E-state index in [9.17, 15) is 28.8 Å². The predicted molar refractivity (Wildman–Crippen MR) is 272 cm³/mol. The van der Waals surface area contributed by atoms with Crippen LogP contribution in [0.1, 0.15) is 99.3 Å². The third-order valence-electron chi connectivity index (χ3n) is 12.3. The van der Waals surface area contributed by atoms with E-state index < -0.39 is 12.0 Å².